The molecule has 0 aliphatic heterocycles. The zero-order valence-electron chi connectivity index (χ0n) is 9.06. The van der Waals surface area contributed by atoms with Crippen LogP contribution in [0.2, 0.25) is 0 Å². The highest BCUT2D eigenvalue weighted by Crippen LogP contribution is 2.18. The third kappa shape index (κ3) is 1.50. The number of pyridine rings is 1. The Hall–Kier alpha value is -2.50. The minimum absolute atomic E-state index is 0.183. The summed E-state index contributed by atoms with van der Waals surface area (Å²) in [7, 11) is 0. The van der Waals surface area contributed by atoms with Gasteiger partial charge in [0, 0.05) is 17.1 Å². The number of aromatic amines is 2. The SMILES string of the molecule is Cc1ncnc2[nH]c(=O)c(-c3cn[nH]c3)cc12. The Morgan fingerprint density at radius 2 is 2.18 bits per heavy atom. The van der Waals surface area contributed by atoms with Crippen LogP contribution in [0.1, 0.15) is 5.69 Å². The number of H-pyrrole nitrogens is 2. The van der Waals surface area contributed by atoms with Gasteiger partial charge >= 0.3 is 0 Å². The standard InChI is InChI=1S/C11H9N5O/c1-6-8-2-9(7-3-14-15-4-7)11(17)16-10(8)13-5-12-6/h2-5H,1H3,(H,14,15)(H,12,13,16,17). The van der Waals surface area contributed by atoms with E-state index in [1.54, 1.807) is 18.5 Å². The van der Waals surface area contributed by atoms with Crippen molar-refractivity contribution in [2.24, 2.45) is 0 Å². The van der Waals surface area contributed by atoms with E-state index in [1.807, 2.05) is 6.92 Å². The molecule has 0 radical (unpaired) electrons. The Morgan fingerprint density at radius 1 is 1.29 bits per heavy atom. The summed E-state index contributed by atoms with van der Waals surface area (Å²) < 4.78 is 0. The molecule has 0 atom stereocenters. The quantitative estimate of drug-likeness (QED) is 0.649. The molecule has 6 nitrogen and oxygen atoms in total. The van der Waals surface area contributed by atoms with Crippen molar-refractivity contribution in [1.82, 2.24) is 25.1 Å². The number of nitrogens with zero attached hydrogens (tertiary/aromatic N) is 3. The molecular formula is C11H9N5O. The first kappa shape index (κ1) is 9.71. The third-order valence-corrected chi connectivity index (χ3v) is 2.66. The molecule has 0 bridgehead atoms. The lowest BCUT2D eigenvalue weighted by Gasteiger charge is -2.02. The molecule has 3 aromatic rings. The summed E-state index contributed by atoms with van der Waals surface area (Å²) in [6.07, 6.45) is 4.72. The molecule has 0 fully saturated rings. The summed E-state index contributed by atoms with van der Waals surface area (Å²) in [4.78, 5) is 22.8. The molecule has 0 aliphatic rings. The van der Waals surface area contributed by atoms with Gasteiger partial charge in [0.1, 0.15) is 12.0 Å². The summed E-state index contributed by atoms with van der Waals surface area (Å²) in [6, 6.07) is 1.79. The van der Waals surface area contributed by atoms with Crippen molar-refractivity contribution in [2.45, 2.75) is 6.92 Å². The average Bonchev–Trinajstić information content (AvgIpc) is 2.82. The van der Waals surface area contributed by atoms with Crippen LogP contribution in [0.4, 0.5) is 0 Å². The highest BCUT2D eigenvalue weighted by Gasteiger charge is 2.08. The largest absolute Gasteiger partial charge is 0.306 e. The van der Waals surface area contributed by atoms with E-state index in [0.29, 0.717) is 11.2 Å². The number of rotatable bonds is 1. The third-order valence-electron chi connectivity index (χ3n) is 2.66. The summed E-state index contributed by atoms with van der Waals surface area (Å²) in [5.74, 6) is 0. The van der Waals surface area contributed by atoms with Crippen LogP contribution in [0.5, 0.6) is 0 Å². The van der Waals surface area contributed by atoms with Crippen LogP contribution >= 0.6 is 0 Å². The molecule has 84 valence electrons. The molecule has 2 N–H and O–H groups in total. The zero-order chi connectivity index (χ0) is 11.8. The van der Waals surface area contributed by atoms with E-state index in [-0.39, 0.29) is 5.56 Å². The summed E-state index contributed by atoms with van der Waals surface area (Å²) in [5.41, 5.74) is 2.50. The van der Waals surface area contributed by atoms with Gasteiger partial charge in [0.25, 0.3) is 5.56 Å². The number of nitrogens with one attached hydrogen (secondary N) is 2. The fourth-order valence-electron chi connectivity index (χ4n) is 1.75. The Labute approximate surface area is 95.8 Å². The molecule has 0 aliphatic carbocycles. The maximum Gasteiger partial charge on any atom is 0.257 e. The molecule has 3 aromatic heterocycles. The number of aromatic nitrogens is 5. The number of fused-ring (bicyclic) bond motifs is 1. The van der Waals surface area contributed by atoms with Crippen molar-refractivity contribution in [3.63, 3.8) is 0 Å². The highest BCUT2D eigenvalue weighted by atomic mass is 16.1. The van der Waals surface area contributed by atoms with Crippen molar-refractivity contribution < 1.29 is 0 Å². The predicted octanol–water partition coefficient (Wildman–Crippen LogP) is 1.02. The normalized spacial score (nSPS) is 10.9. The van der Waals surface area contributed by atoms with Crippen molar-refractivity contribution in [2.75, 3.05) is 0 Å². The first-order valence-electron chi connectivity index (χ1n) is 5.09. The van der Waals surface area contributed by atoms with Crippen LogP contribution < -0.4 is 5.56 Å². The van der Waals surface area contributed by atoms with Gasteiger partial charge in [-0.2, -0.15) is 5.10 Å². The molecule has 0 unspecified atom stereocenters. The van der Waals surface area contributed by atoms with Gasteiger partial charge in [-0.05, 0) is 13.0 Å². The van der Waals surface area contributed by atoms with E-state index in [4.69, 9.17) is 0 Å². The number of hydrogen-bond acceptors (Lipinski definition) is 4. The minimum atomic E-state index is -0.183. The van der Waals surface area contributed by atoms with E-state index in [1.165, 1.54) is 6.33 Å². The maximum atomic E-state index is 11.9. The van der Waals surface area contributed by atoms with E-state index in [0.717, 1.165) is 16.6 Å². The monoisotopic (exact) mass is 227 g/mol. The topological polar surface area (TPSA) is 87.3 Å². The summed E-state index contributed by atoms with van der Waals surface area (Å²) in [6.45, 7) is 1.88. The van der Waals surface area contributed by atoms with Crippen LogP contribution in [0.25, 0.3) is 22.2 Å². The molecule has 0 saturated heterocycles. The fraction of sp³-hybridized carbons (Fsp3) is 0.0909. The van der Waals surface area contributed by atoms with Crippen LogP contribution in [-0.2, 0) is 0 Å². The van der Waals surface area contributed by atoms with Crippen molar-refractivity contribution in [3.05, 3.63) is 40.8 Å². The van der Waals surface area contributed by atoms with Crippen LogP contribution in [0.15, 0.2) is 29.6 Å². The second-order valence-corrected chi connectivity index (χ2v) is 3.72. The van der Waals surface area contributed by atoms with E-state index < -0.39 is 0 Å². The average molecular weight is 227 g/mol. The molecule has 0 aromatic carbocycles. The van der Waals surface area contributed by atoms with Gasteiger partial charge in [-0.25, -0.2) is 9.97 Å². The molecule has 6 heteroatoms. The van der Waals surface area contributed by atoms with Gasteiger partial charge in [-0.15, -0.1) is 0 Å². The zero-order valence-corrected chi connectivity index (χ0v) is 9.06. The number of hydrogen-bond donors (Lipinski definition) is 2. The minimum Gasteiger partial charge on any atom is -0.306 e. The first-order chi connectivity index (χ1) is 8.25. The second kappa shape index (κ2) is 3.51. The predicted molar refractivity (Wildman–Crippen MR) is 62.5 cm³/mol. The van der Waals surface area contributed by atoms with Crippen LogP contribution in [-0.4, -0.2) is 25.1 Å². The van der Waals surface area contributed by atoms with Gasteiger partial charge in [-0.1, -0.05) is 0 Å². The summed E-state index contributed by atoms with van der Waals surface area (Å²) in [5, 5.41) is 7.35. The van der Waals surface area contributed by atoms with Gasteiger partial charge in [0.05, 0.1) is 17.5 Å². The van der Waals surface area contributed by atoms with Crippen molar-refractivity contribution >= 4 is 11.0 Å². The van der Waals surface area contributed by atoms with Gasteiger partial charge < -0.3 is 4.98 Å². The fourth-order valence-corrected chi connectivity index (χ4v) is 1.75. The van der Waals surface area contributed by atoms with Gasteiger partial charge in [-0.3, -0.25) is 9.89 Å². The molecule has 3 rings (SSSR count). The molecular weight excluding hydrogens is 218 g/mol. The Balaban J connectivity index is 2.38. The van der Waals surface area contributed by atoms with Crippen molar-refractivity contribution in [3.8, 4) is 11.1 Å². The van der Waals surface area contributed by atoms with E-state index in [2.05, 4.69) is 25.1 Å². The second-order valence-electron chi connectivity index (χ2n) is 3.72. The van der Waals surface area contributed by atoms with Crippen LogP contribution in [0, 0.1) is 6.92 Å². The maximum absolute atomic E-state index is 11.9. The molecule has 0 saturated carbocycles. The smallest absolute Gasteiger partial charge is 0.257 e. The lowest BCUT2D eigenvalue weighted by Crippen LogP contribution is -2.09. The van der Waals surface area contributed by atoms with E-state index in [9.17, 15) is 4.79 Å². The van der Waals surface area contributed by atoms with Crippen molar-refractivity contribution in [1.29, 1.82) is 0 Å². The molecule has 17 heavy (non-hydrogen) atoms. The lowest BCUT2D eigenvalue weighted by molar-refractivity contribution is 1.09. The summed E-state index contributed by atoms with van der Waals surface area (Å²) >= 11 is 0. The lowest BCUT2D eigenvalue weighted by atomic mass is 10.1. The van der Waals surface area contributed by atoms with Crippen LogP contribution in [0.3, 0.4) is 0 Å². The number of aryl methyl sites for hydroxylation is 1. The van der Waals surface area contributed by atoms with Gasteiger partial charge in [0.15, 0.2) is 0 Å². The first-order valence-corrected chi connectivity index (χ1v) is 5.09. The molecule has 0 spiro atoms. The van der Waals surface area contributed by atoms with Gasteiger partial charge in [0.2, 0.25) is 0 Å². The Morgan fingerprint density at radius 3 is 2.94 bits per heavy atom. The molecule has 0 amide bonds. The highest BCUT2D eigenvalue weighted by molar-refractivity contribution is 5.82. The Kier molecular flexibility index (Phi) is 2.01. The Bertz CT molecular complexity index is 729. The molecule has 3 heterocycles. The van der Waals surface area contributed by atoms with E-state index >= 15 is 0 Å².